The average Bonchev–Trinajstić information content (AvgIpc) is 3.02. The van der Waals surface area contributed by atoms with Gasteiger partial charge in [0.25, 0.3) is 5.91 Å². The number of hydrogen-bond donors (Lipinski definition) is 1. The molecule has 3 rings (SSSR count). The van der Waals surface area contributed by atoms with Crippen LogP contribution in [0.1, 0.15) is 44.3 Å². The molecule has 0 bridgehead atoms. The van der Waals surface area contributed by atoms with E-state index < -0.39 is 0 Å². The molecule has 1 aromatic carbocycles. The lowest BCUT2D eigenvalue weighted by Crippen LogP contribution is -2.23. The number of aryl methyl sites for hydroxylation is 3. The monoisotopic (exact) mass is 385 g/mol. The number of nitrogens with one attached hydrogen (secondary N) is 1. The van der Waals surface area contributed by atoms with Crippen LogP contribution in [0.15, 0.2) is 24.3 Å². The molecule has 2 aromatic heterocycles. The molecule has 1 N–H and O–H groups in total. The van der Waals surface area contributed by atoms with E-state index in [0.29, 0.717) is 23.7 Å². The fourth-order valence-electron chi connectivity index (χ4n) is 3.16. The van der Waals surface area contributed by atoms with Crippen molar-refractivity contribution < 1.29 is 4.79 Å². The SMILES string of the molecule is Cc1nn(Cc2cccc(C(=O)NCc3c(C)nn(C)c3C)c2)c(C)c1Cl. The number of carbonyl (C=O) groups excluding carboxylic acids is 1. The van der Waals surface area contributed by atoms with Crippen LogP contribution in [0.4, 0.5) is 0 Å². The van der Waals surface area contributed by atoms with E-state index in [1.54, 1.807) is 0 Å². The number of amides is 1. The molecule has 0 aliphatic carbocycles. The molecule has 0 saturated heterocycles. The smallest absolute Gasteiger partial charge is 0.251 e. The molecule has 3 aromatic rings. The number of rotatable bonds is 5. The van der Waals surface area contributed by atoms with Gasteiger partial charge >= 0.3 is 0 Å². The Balaban J connectivity index is 1.72. The van der Waals surface area contributed by atoms with Crippen LogP contribution in [0.2, 0.25) is 5.02 Å². The number of aromatic nitrogens is 4. The van der Waals surface area contributed by atoms with Gasteiger partial charge in [-0.2, -0.15) is 10.2 Å². The third-order valence-corrected chi connectivity index (χ3v) is 5.45. The zero-order valence-electron chi connectivity index (χ0n) is 16.3. The second-order valence-corrected chi connectivity index (χ2v) is 7.18. The molecule has 0 fully saturated rings. The topological polar surface area (TPSA) is 64.7 Å². The van der Waals surface area contributed by atoms with E-state index in [1.165, 1.54) is 0 Å². The second kappa shape index (κ2) is 7.56. The fraction of sp³-hybridized carbons (Fsp3) is 0.350. The Morgan fingerprint density at radius 2 is 1.85 bits per heavy atom. The van der Waals surface area contributed by atoms with E-state index in [9.17, 15) is 4.79 Å². The molecule has 0 aliphatic heterocycles. The Labute approximate surface area is 164 Å². The number of nitrogens with zero attached hydrogens (tertiary/aromatic N) is 4. The third-order valence-electron chi connectivity index (χ3n) is 4.90. The van der Waals surface area contributed by atoms with Gasteiger partial charge in [0.2, 0.25) is 0 Å². The highest BCUT2D eigenvalue weighted by atomic mass is 35.5. The summed E-state index contributed by atoms with van der Waals surface area (Å²) in [7, 11) is 1.91. The summed E-state index contributed by atoms with van der Waals surface area (Å²) in [6.45, 7) is 8.81. The number of carbonyl (C=O) groups is 1. The Bertz CT molecular complexity index is 1000. The normalized spacial score (nSPS) is 11.0. The first-order chi connectivity index (χ1) is 12.8. The molecule has 2 heterocycles. The fourth-order valence-corrected chi connectivity index (χ4v) is 3.29. The van der Waals surface area contributed by atoms with Gasteiger partial charge in [-0.1, -0.05) is 23.7 Å². The maximum absolute atomic E-state index is 12.6. The van der Waals surface area contributed by atoms with E-state index in [-0.39, 0.29) is 5.91 Å². The Kier molecular flexibility index (Phi) is 5.37. The van der Waals surface area contributed by atoms with Crippen LogP contribution in [0.25, 0.3) is 0 Å². The Hall–Kier alpha value is -2.60. The van der Waals surface area contributed by atoms with Crippen LogP contribution in [-0.2, 0) is 20.1 Å². The summed E-state index contributed by atoms with van der Waals surface area (Å²) in [6.07, 6.45) is 0. The van der Waals surface area contributed by atoms with Crippen LogP contribution in [0.3, 0.4) is 0 Å². The first-order valence-electron chi connectivity index (χ1n) is 8.83. The molecule has 6 nitrogen and oxygen atoms in total. The van der Waals surface area contributed by atoms with Crippen molar-refractivity contribution in [2.24, 2.45) is 7.05 Å². The van der Waals surface area contributed by atoms with Crippen LogP contribution in [0.5, 0.6) is 0 Å². The highest BCUT2D eigenvalue weighted by Crippen LogP contribution is 2.20. The number of hydrogen-bond acceptors (Lipinski definition) is 3. The van der Waals surface area contributed by atoms with Crippen LogP contribution >= 0.6 is 11.6 Å². The second-order valence-electron chi connectivity index (χ2n) is 6.80. The van der Waals surface area contributed by atoms with Crippen molar-refractivity contribution in [3.63, 3.8) is 0 Å². The molecular weight excluding hydrogens is 362 g/mol. The molecule has 0 saturated carbocycles. The average molecular weight is 386 g/mol. The maximum Gasteiger partial charge on any atom is 0.251 e. The van der Waals surface area contributed by atoms with Gasteiger partial charge in [-0.3, -0.25) is 14.2 Å². The van der Waals surface area contributed by atoms with Gasteiger partial charge in [0, 0.05) is 30.4 Å². The molecule has 27 heavy (non-hydrogen) atoms. The molecule has 0 radical (unpaired) electrons. The summed E-state index contributed by atoms with van der Waals surface area (Å²) in [4.78, 5) is 12.6. The van der Waals surface area contributed by atoms with Gasteiger partial charge in [0.15, 0.2) is 0 Å². The van der Waals surface area contributed by atoms with Gasteiger partial charge in [-0.15, -0.1) is 0 Å². The van der Waals surface area contributed by atoms with Crippen molar-refractivity contribution in [1.82, 2.24) is 24.9 Å². The number of benzene rings is 1. The summed E-state index contributed by atoms with van der Waals surface area (Å²) in [5.41, 5.74) is 6.41. The van der Waals surface area contributed by atoms with Crippen molar-refractivity contribution in [3.05, 3.63) is 68.8 Å². The molecule has 0 atom stereocenters. The van der Waals surface area contributed by atoms with Crippen molar-refractivity contribution in [1.29, 1.82) is 0 Å². The molecule has 0 aliphatic rings. The van der Waals surface area contributed by atoms with Crippen LogP contribution in [-0.4, -0.2) is 25.5 Å². The standard InChI is InChI=1S/C20H24ClN5O/c1-12-18(14(3)25(5)23-12)10-22-20(27)17-8-6-7-16(9-17)11-26-15(4)19(21)13(2)24-26/h6-9H,10-11H2,1-5H3,(H,22,27). The highest BCUT2D eigenvalue weighted by molar-refractivity contribution is 6.31. The minimum absolute atomic E-state index is 0.106. The number of halogens is 1. The summed E-state index contributed by atoms with van der Waals surface area (Å²) in [5, 5.41) is 12.5. The first kappa shape index (κ1) is 19.2. The third kappa shape index (κ3) is 3.90. The summed E-state index contributed by atoms with van der Waals surface area (Å²) >= 11 is 6.22. The van der Waals surface area contributed by atoms with Gasteiger partial charge in [0.1, 0.15) is 0 Å². The van der Waals surface area contributed by atoms with Crippen molar-refractivity contribution in [2.45, 2.75) is 40.8 Å². The van der Waals surface area contributed by atoms with Crippen molar-refractivity contribution >= 4 is 17.5 Å². The predicted molar refractivity (Wildman–Crippen MR) is 106 cm³/mol. The molecule has 1 amide bonds. The van der Waals surface area contributed by atoms with Gasteiger partial charge in [-0.05, 0) is 45.4 Å². The minimum atomic E-state index is -0.106. The molecular formula is C20H24ClN5O. The van der Waals surface area contributed by atoms with Crippen molar-refractivity contribution in [2.75, 3.05) is 0 Å². The maximum atomic E-state index is 12.6. The Morgan fingerprint density at radius 3 is 2.44 bits per heavy atom. The molecule has 7 heteroatoms. The zero-order valence-corrected chi connectivity index (χ0v) is 17.1. The lowest BCUT2D eigenvalue weighted by atomic mass is 10.1. The van der Waals surface area contributed by atoms with Gasteiger partial charge < -0.3 is 5.32 Å². The summed E-state index contributed by atoms with van der Waals surface area (Å²) < 4.78 is 3.69. The van der Waals surface area contributed by atoms with Crippen LogP contribution < -0.4 is 5.32 Å². The highest BCUT2D eigenvalue weighted by Gasteiger charge is 2.13. The quantitative estimate of drug-likeness (QED) is 0.731. The van der Waals surface area contributed by atoms with Gasteiger partial charge in [0.05, 0.1) is 28.6 Å². The molecule has 142 valence electrons. The van der Waals surface area contributed by atoms with E-state index in [1.807, 2.05) is 68.4 Å². The lowest BCUT2D eigenvalue weighted by Gasteiger charge is -2.09. The van der Waals surface area contributed by atoms with E-state index in [0.717, 1.165) is 33.9 Å². The summed E-state index contributed by atoms with van der Waals surface area (Å²) in [6, 6.07) is 7.58. The van der Waals surface area contributed by atoms with Crippen molar-refractivity contribution in [3.8, 4) is 0 Å². The molecule has 0 spiro atoms. The van der Waals surface area contributed by atoms with E-state index in [2.05, 4.69) is 15.5 Å². The lowest BCUT2D eigenvalue weighted by molar-refractivity contribution is 0.0950. The largest absolute Gasteiger partial charge is 0.348 e. The minimum Gasteiger partial charge on any atom is -0.348 e. The first-order valence-corrected chi connectivity index (χ1v) is 9.21. The predicted octanol–water partition coefficient (Wildman–Crippen LogP) is 3.48. The van der Waals surface area contributed by atoms with Crippen LogP contribution in [0, 0.1) is 27.7 Å². The van der Waals surface area contributed by atoms with E-state index in [4.69, 9.17) is 11.6 Å². The molecule has 0 unspecified atom stereocenters. The van der Waals surface area contributed by atoms with Gasteiger partial charge in [-0.25, -0.2) is 0 Å². The Morgan fingerprint density at radius 1 is 1.11 bits per heavy atom. The zero-order chi connectivity index (χ0) is 19.7. The summed E-state index contributed by atoms with van der Waals surface area (Å²) in [5.74, 6) is -0.106. The van der Waals surface area contributed by atoms with E-state index >= 15 is 0 Å².